The van der Waals surface area contributed by atoms with E-state index >= 15 is 0 Å². The number of H-pyrrole nitrogens is 1. The van der Waals surface area contributed by atoms with Gasteiger partial charge in [-0.05, 0) is 18.2 Å². The number of aromatic amines is 1. The van der Waals surface area contributed by atoms with Crippen LogP contribution in [0.15, 0.2) is 41.6 Å². The van der Waals surface area contributed by atoms with Gasteiger partial charge in [0.1, 0.15) is 12.4 Å². The average molecular weight is 282 g/mol. The fraction of sp³-hybridized carbons (Fsp3) is 0.182. The molecule has 0 saturated heterocycles. The van der Waals surface area contributed by atoms with E-state index in [-0.39, 0.29) is 5.03 Å². The molecule has 0 radical (unpaired) electrons. The number of sulfonamides is 1. The monoisotopic (exact) mass is 282 g/mol. The van der Waals surface area contributed by atoms with Crippen molar-refractivity contribution in [3.05, 3.63) is 36.5 Å². The molecule has 19 heavy (non-hydrogen) atoms. The third-order valence-electron chi connectivity index (χ3n) is 2.24. The van der Waals surface area contributed by atoms with Gasteiger partial charge >= 0.3 is 0 Å². The number of benzene rings is 1. The molecule has 0 fully saturated rings. The molecule has 8 heteroatoms. The van der Waals surface area contributed by atoms with Crippen LogP contribution in [0.5, 0.6) is 5.75 Å². The van der Waals surface area contributed by atoms with Crippen molar-refractivity contribution in [2.75, 3.05) is 17.9 Å². The van der Waals surface area contributed by atoms with Gasteiger partial charge in [-0.25, -0.2) is 0 Å². The predicted octanol–water partition coefficient (Wildman–Crippen LogP) is 0.548. The molecule has 102 valence electrons. The van der Waals surface area contributed by atoms with E-state index in [9.17, 15) is 8.42 Å². The number of hydrogen-bond acceptors (Lipinski definition) is 5. The van der Waals surface area contributed by atoms with Gasteiger partial charge in [-0.2, -0.15) is 13.5 Å². The van der Waals surface area contributed by atoms with Crippen LogP contribution in [-0.2, 0) is 10.0 Å². The molecule has 1 aromatic heterocycles. The Hall–Kier alpha value is -2.06. The number of anilines is 1. The van der Waals surface area contributed by atoms with E-state index in [1.807, 2.05) is 0 Å². The average Bonchev–Trinajstić information content (AvgIpc) is 2.91. The fourth-order valence-corrected chi connectivity index (χ4v) is 2.39. The Morgan fingerprint density at radius 1 is 1.37 bits per heavy atom. The van der Waals surface area contributed by atoms with Crippen molar-refractivity contribution in [2.24, 2.45) is 5.73 Å². The Labute approximate surface area is 110 Å². The molecule has 0 unspecified atom stereocenters. The normalized spacial score (nSPS) is 11.2. The van der Waals surface area contributed by atoms with E-state index in [4.69, 9.17) is 10.5 Å². The molecular weight excluding hydrogens is 268 g/mol. The van der Waals surface area contributed by atoms with Gasteiger partial charge in [0.05, 0.1) is 11.9 Å². The van der Waals surface area contributed by atoms with Gasteiger partial charge in [-0.3, -0.25) is 9.82 Å². The molecular formula is C11H14N4O3S. The number of nitrogens with zero attached hydrogens (tertiary/aromatic N) is 1. The van der Waals surface area contributed by atoms with E-state index in [1.165, 1.54) is 12.3 Å². The lowest BCUT2D eigenvalue weighted by Crippen LogP contribution is -2.14. The number of aromatic nitrogens is 2. The second-order valence-electron chi connectivity index (χ2n) is 3.69. The van der Waals surface area contributed by atoms with Crippen LogP contribution in [0.1, 0.15) is 0 Å². The number of ether oxygens (including phenoxy) is 1. The van der Waals surface area contributed by atoms with Crippen LogP contribution >= 0.6 is 0 Å². The summed E-state index contributed by atoms with van der Waals surface area (Å²) in [5.41, 5.74) is 5.74. The van der Waals surface area contributed by atoms with Crippen molar-refractivity contribution < 1.29 is 13.2 Å². The Bertz CT molecular complexity index is 625. The first-order chi connectivity index (χ1) is 9.12. The van der Waals surface area contributed by atoms with Gasteiger partial charge in [0.2, 0.25) is 0 Å². The molecule has 1 heterocycles. The minimum Gasteiger partial charge on any atom is -0.492 e. The summed E-state index contributed by atoms with van der Waals surface area (Å²) in [7, 11) is -3.66. The summed E-state index contributed by atoms with van der Waals surface area (Å²) in [4.78, 5) is 0. The Balaban J connectivity index is 2.15. The van der Waals surface area contributed by atoms with Gasteiger partial charge in [-0.15, -0.1) is 0 Å². The maximum absolute atomic E-state index is 11.9. The van der Waals surface area contributed by atoms with Crippen molar-refractivity contribution in [2.45, 2.75) is 5.03 Å². The van der Waals surface area contributed by atoms with E-state index in [0.717, 1.165) is 0 Å². The molecule has 0 saturated carbocycles. The molecule has 0 aliphatic carbocycles. The SMILES string of the molecule is NCCOc1cccc(NS(=O)(=O)c2ccn[nH]2)c1. The third-order valence-corrected chi connectivity index (χ3v) is 3.55. The molecule has 0 amide bonds. The van der Waals surface area contributed by atoms with Crippen molar-refractivity contribution in [1.29, 1.82) is 0 Å². The maximum atomic E-state index is 11.9. The Morgan fingerprint density at radius 3 is 2.89 bits per heavy atom. The summed E-state index contributed by atoms with van der Waals surface area (Å²) in [5.74, 6) is 0.551. The number of rotatable bonds is 6. The van der Waals surface area contributed by atoms with Gasteiger partial charge in [0.15, 0.2) is 5.03 Å². The van der Waals surface area contributed by atoms with E-state index in [0.29, 0.717) is 24.6 Å². The van der Waals surface area contributed by atoms with E-state index < -0.39 is 10.0 Å². The third kappa shape index (κ3) is 3.46. The summed E-state index contributed by atoms with van der Waals surface area (Å²) in [6.07, 6.45) is 1.37. The lowest BCUT2D eigenvalue weighted by Gasteiger charge is -2.09. The van der Waals surface area contributed by atoms with Crippen LogP contribution in [0, 0.1) is 0 Å². The highest BCUT2D eigenvalue weighted by Gasteiger charge is 2.15. The van der Waals surface area contributed by atoms with Gasteiger partial charge < -0.3 is 10.5 Å². The van der Waals surface area contributed by atoms with Crippen molar-refractivity contribution >= 4 is 15.7 Å². The minimum atomic E-state index is -3.66. The maximum Gasteiger partial charge on any atom is 0.278 e. The second kappa shape index (κ2) is 5.72. The zero-order chi connectivity index (χ0) is 13.7. The zero-order valence-electron chi connectivity index (χ0n) is 10.0. The van der Waals surface area contributed by atoms with Crippen molar-refractivity contribution in [3.63, 3.8) is 0 Å². The summed E-state index contributed by atoms with van der Waals surface area (Å²) < 4.78 is 31.6. The molecule has 1 aromatic carbocycles. The van der Waals surface area contributed by atoms with Gasteiger partial charge in [0, 0.05) is 12.6 Å². The minimum absolute atomic E-state index is 0.000722. The predicted molar refractivity (Wildman–Crippen MR) is 70.4 cm³/mol. The van der Waals surface area contributed by atoms with Crippen LogP contribution < -0.4 is 15.2 Å². The summed E-state index contributed by atoms with van der Waals surface area (Å²) in [6.45, 7) is 0.765. The zero-order valence-corrected chi connectivity index (χ0v) is 10.9. The molecule has 4 N–H and O–H groups in total. The summed E-state index contributed by atoms with van der Waals surface area (Å²) in [5, 5.41) is 6.00. The first-order valence-electron chi connectivity index (χ1n) is 5.57. The van der Waals surface area contributed by atoms with Gasteiger partial charge in [0.25, 0.3) is 10.0 Å². The first kappa shape index (κ1) is 13.4. The van der Waals surface area contributed by atoms with Crippen molar-refractivity contribution in [3.8, 4) is 5.75 Å². The van der Waals surface area contributed by atoms with Crippen molar-refractivity contribution in [1.82, 2.24) is 10.2 Å². The second-order valence-corrected chi connectivity index (χ2v) is 5.34. The highest BCUT2D eigenvalue weighted by atomic mass is 32.2. The lowest BCUT2D eigenvalue weighted by molar-refractivity contribution is 0.328. The molecule has 0 atom stereocenters. The molecule has 2 rings (SSSR count). The molecule has 0 bridgehead atoms. The Morgan fingerprint density at radius 2 is 2.21 bits per heavy atom. The molecule has 2 aromatic rings. The Kier molecular flexibility index (Phi) is 4.03. The van der Waals surface area contributed by atoms with E-state index in [1.54, 1.807) is 24.3 Å². The molecule has 0 spiro atoms. The van der Waals surface area contributed by atoms with E-state index in [2.05, 4.69) is 14.9 Å². The molecule has 0 aliphatic heterocycles. The van der Waals surface area contributed by atoms with Crippen LogP contribution in [0.3, 0.4) is 0 Å². The van der Waals surface area contributed by atoms with Crippen LogP contribution in [0.2, 0.25) is 0 Å². The van der Waals surface area contributed by atoms with Crippen LogP contribution in [0.4, 0.5) is 5.69 Å². The topological polar surface area (TPSA) is 110 Å². The van der Waals surface area contributed by atoms with Crippen LogP contribution in [0.25, 0.3) is 0 Å². The summed E-state index contributed by atoms with van der Waals surface area (Å²) in [6, 6.07) is 8.00. The number of hydrogen-bond donors (Lipinski definition) is 3. The first-order valence-corrected chi connectivity index (χ1v) is 7.05. The lowest BCUT2D eigenvalue weighted by atomic mass is 10.3. The highest BCUT2D eigenvalue weighted by molar-refractivity contribution is 7.92. The number of nitrogens with two attached hydrogens (primary N) is 1. The smallest absolute Gasteiger partial charge is 0.278 e. The highest BCUT2D eigenvalue weighted by Crippen LogP contribution is 2.19. The summed E-state index contributed by atoms with van der Waals surface area (Å²) >= 11 is 0. The molecule has 7 nitrogen and oxygen atoms in total. The quantitative estimate of drug-likeness (QED) is 0.716. The van der Waals surface area contributed by atoms with Crippen LogP contribution in [-0.4, -0.2) is 31.8 Å². The largest absolute Gasteiger partial charge is 0.492 e. The number of nitrogens with one attached hydrogen (secondary N) is 2. The fourth-order valence-electron chi connectivity index (χ4n) is 1.43. The molecule has 0 aliphatic rings. The van der Waals surface area contributed by atoms with Gasteiger partial charge in [-0.1, -0.05) is 6.07 Å². The standard InChI is InChI=1S/C11H14N4O3S/c12-5-7-18-10-3-1-2-9(8-10)15-19(16,17)11-4-6-13-14-11/h1-4,6,8,15H,5,7,12H2,(H,13,14).